The molecule has 2 heterocycles. The smallest absolute Gasteiger partial charge is 0.00914 e. The van der Waals surface area contributed by atoms with E-state index in [9.17, 15) is 0 Å². The second-order valence-corrected chi connectivity index (χ2v) is 6.28. The summed E-state index contributed by atoms with van der Waals surface area (Å²) in [5, 5.41) is 3.67. The van der Waals surface area contributed by atoms with Crippen molar-refractivity contribution in [3.63, 3.8) is 0 Å². The van der Waals surface area contributed by atoms with Crippen LogP contribution < -0.4 is 5.32 Å². The summed E-state index contributed by atoms with van der Waals surface area (Å²) in [7, 11) is 2.25. The molecule has 2 rings (SSSR count). The zero-order valence-corrected chi connectivity index (χ0v) is 12.3. The number of rotatable bonds is 5. The summed E-state index contributed by atoms with van der Waals surface area (Å²) in [6.45, 7) is 10.0. The van der Waals surface area contributed by atoms with E-state index in [0.717, 1.165) is 12.0 Å². The van der Waals surface area contributed by atoms with Crippen molar-refractivity contribution in [2.24, 2.45) is 5.92 Å². The van der Waals surface area contributed by atoms with Crippen molar-refractivity contribution in [2.45, 2.75) is 45.1 Å². The second-order valence-electron chi connectivity index (χ2n) is 6.28. The van der Waals surface area contributed by atoms with Crippen molar-refractivity contribution in [1.29, 1.82) is 0 Å². The van der Waals surface area contributed by atoms with Crippen LogP contribution in [0.5, 0.6) is 0 Å². The number of nitrogens with one attached hydrogen (secondary N) is 1. The van der Waals surface area contributed by atoms with Crippen LogP contribution in [0.1, 0.15) is 39.0 Å². The molecule has 0 spiro atoms. The molecule has 0 aromatic rings. The van der Waals surface area contributed by atoms with Gasteiger partial charge in [-0.1, -0.05) is 6.92 Å². The second kappa shape index (κ2) is 7.46. The Bertz CT molecular complexity index is 216. The predicted molar refractivity (Wildman–Crippen MR) is 78.0 cm³/mol. The summed E-state index contributed by atoms with van der Waals surface area (Å²) in [5.74, 6) is 0.960. The lowest BCUT2D eigenvalue weighted by molar-refractivity contribution is 0.134. The zero-order valence-electron chi connectivity index (χ0n) is 12.3. The fourth-order valence-electron chi connectivity index (χ4n) is 3.28. The van der Waals surface area contributed by atoms with E-state index in [4.69, 9.17) is 0 Å². The standard InChI is InChI=1S/C15H31N3/c1-3-8-16-15-6-11-18(12-7-15)13-14-4-9-17(2)10-5-14/h14-16H,3-13H2,1-2H3. The third-order valence-electron chi connectivity index (χ3n) is 4.63. The quantitative estimate of drug-likeness (QED) is 0.806. The summed E-state index contributed by atoms with van der Waals surface area (Å²) >= 11 is 0. The van der Waals surface area contributed by atoms with Crippen LogP contribution in [-0.4, -0.2) is 62.2 Å². The van der Waals surface area contributed by atoms with Crippen molar-refractivity contribution in [3.05, 3.63) is 0 Å². The van der Waals surface area contributed by atoms with Gasteiger partial charge in [-0.25, -0.2) is 0 Å². The topological polar surface area (TPSA) is 18.5 Å². The molecule has 2 aliphatic heterocycles. The Hall–Kier alpha value is -0.120. The van der Waals surface area contributed by atoms with Gasteiger partial charge in [-0.2, -0.15) is 0 Å². The van der Waals surface area contributed by atoms with Crippen LogP contribution in [0.25, 0.3) is 0 Å². The molecule has 0 atom stereocenters. The first-order valence-electron chi connectivity index (χ1n) is 7.92. The number of likely N-dealkylation sites (tertiary alicyclic amines) is 2. The van der Waals surface area contributed by atoms with Gasteiger partial charge in [-0.3, -0.25) is 0 Å². The van der Waals surface area contributed by atoms with Crippen LogP contribution >= 0.6 is 0 Å². The van der Waals surface area contributed by atoms with Crippen LogP contribution in [0.3, 0.4) is 0 Å². The Labute approximate surface area is 113 Å². The molecule has 106 valence electrons. The minimum atomic E-state index is 0.790. The number of nitrogens with zero attached hydrogens (tertiary/aromatic N) is 2. The fraction of sp³-hybridized carbons (Fsp3) is 1.00. The lowest BCUT2D eigenvalue weighted by Crippen LogP contribution is -2.45. The van der Waals surface area contributed by atoms with Gasteiger partial charge in [0.05, 0.1) is 0 Å². The molecule has 0 aromatic heterocycles. The minimum absolute atomic E-state index is 0.790. The molecule has 0 aromatic carbocycles. The summed E-state index contributed by atoms with van der Waals surface area (Å²) in [6, 6.07) is 0.790. The summed E-state index contributed by atoms with van der Waals surface area (Å²) in [4.78, 5) is 5.18. The molecule has 3 nitrogen and oxygen atoms in total. The van der Waals surface area contributed by atoms with Gasteiger partial charge in [0.15, 0.2) is 0 Å². The monoisotopic (exact) mass is 253 g/mol. The van der Waals surface area contributed by atoms with E-state index in [1.165, 1.54) is 71.4 Å². The molecular formula is C15H31N3. The van der Waals surface area contributed by atoms with Crippen LogP contribution in [0, 0.1) is 5.92 Å². The van der Waals surface area contributed by atoms with Gasteiger partial charge in [0.2, 0.25) is 0 Å². The molecule has 2 fully saturated rings. The highest BCUT2D eigenvalue weighted by Crippen LogP contribution is 2.19. The maximum atomic E-state index is 3.67. The van der Waals surface area contributed by atoms with E-state index in [0.29, 0.717) is 0 Å². The number of hydrogen-bond donors (Lipinski definition) is 1. The van der Waals surface area contributed by atoms with Crippen LogP contribution in [-0.2, 0) is 0 Å². The van der Waals surface area contributed by atoms with E-state index in [2.05, 4.69) is 29.1 Å². The van der Waals surface area contributed by atoms with Gasteiger partial charge in [0.1, 0.15) is 0 Å². The van der Waals surface area contributed by atoms with E-state index >= 15 is 0 Å². The zero-order chi connectivity index (χ0) is 12.8. The molecule has 0 amide bonds. The first kappa shape index (κ1) is 14.3. The normalized spacial score (nSPS) is 25.7. The third kappa shape index (κ3) is 4.52. The van der Waals surface area contributed by atoms with E-state index in [1.54, 1.807) is 0 Å². The Morgan fingerprint density at radius 2 is 1.67 bits per heavy atom. The van der Waals surface area contributed by atoms with Crippen molar-refractivity contribution in [3.8, 4) is 0 Å². The fourth-order valence-corrected chi connectivity index (χ4v) is 3.28. The van der Waals surface area contributed by atoms with Gasteiger partial charge in [-0.15, -0.1) is 0 Å². The molecule has 0 unspecified atom stereocenters. The first-order chi connectivity index (χ1) is 8.78. The van der Waals surface area contributed by atoms with Crippen molar-refractivity contribution >= 4 is 0 Å². The van der Waals surface area contributed by atoms with Gasteiger partial charge in [0.25, 0.3) is 0 Å². The average Bonchev–Trinajstić information content (AvgIpc) is 2.41. The van der Waals surface area contributed by atoms with Gasteiger partial charge < -0.3 is 15.1 Å². The van der Waals surface area contributed by atoms with Crippen molar-refractivity contribution in [2.75, 3.05) is 46.3 Å². The number of hydrogen-bond acceptors (Lipinski definition) is 3. The van der Waals surface area contributed by atoms with Gasteiger partial charge in [0, 0.05) is 12.6 Å². The molecule has 2 saturated heterocycles. The molecule has 2 aliphatic rings. The lowest BCUT2D eigenvalue weighted by atomic mass is 9.95. The Kier molecular flexibility index (Phi) is 5.93. The molecule has 3 heteroatoms. The molecule has 1 N–H and O–H groups in total. The minimum Gasteiger partial charge on any atom is -0.314 e. The SMILES string of the molecule is CCCNC1CCN(CC2CCN(C)CC2)CC1. The van der Waals surface area contributed by atoms with Crippen LogP contribution in [0.4, 0.5) is 0 Å². The summed E-state index contributed by atoms with van der Waals surface area (Å²) in [5.41, 5.74) is 0. The first-order valence-corrected chi connectivity index (χ1v) is 7.92. The molecule has 0 bridgehead atoms. The molecule has 0 radical (unpaired) electrons. The highest BCUT2D eigenvalue weighted by molar-refractivity contribution is 4.80. The van der Waals surface area contributed by atoms with Crippen LogP contribution in [0.15, 0.2) is 0 Å². The average molecular weight is 253 g/mol. The molecular weight excluding hydrogens is 222 g/mol. The van der Waals surface area contributed by atoms with Crippen molar-refractivity contribution < 1.29 is 0 Å². The lowest BCUT2D eigenvalue weighted by Gasteiger charge is -2.37. The molecule has 18 heavy (non-hydrogen) atoms. The predicted octanol–water partition coefficient (Wildman–Crippen LogP) is 1.79. The Morgan fingerprint density at radius 1 is 1.00 bits per heavy atom. The van der Waals surface area contributed by atoms with Gasteiger partial charge in [-0.05, 0) is 77.8 Å². The maximum Gasteiger partial charge on any atom is 0.00914 e. The highest BCUT2D eigenvalue weighted by Gasteiger charge is 2.23. The maximum absolute atomic E-state index is 3.67. The van der Waals surface area contributed by atoms with Crippen molar-refractivity contribution in [1.82, 2.24) is 15.1 Å². The Morgan fingerprint density at radius 3 is 2.28 bits per heavy atom. The largest absolute Gasteiger partial charge is 0.314 e. The van der Waals surface area contributed by atoms with E-state index in [-0.39, 0.29) is 0 Å². The summed E-state index contributed by atoms with van der Waals surface area (Å²) < 4.78 is 0. The Balaban J connectivity index is 1.61. The highest BCUT2D eigenvalue weighted by atomic mass is 15.2. The van der Waals surface area contributed by atoms with Crippen LogP contribution in [0.2, 0.25) is 0 Å². The number of piperidine rings is 2. The van der Waals surface area contributed by atoms with E-state index < -0.39 is 0 Å². The third-order valence-corrected chi connectivity index (χ3v) is 4.63. The van der Waals surface area contributed by atoms with Gasteiger partial charge >= 0.3 is 0 Å². The molecule has 0 aliphatic carbocycles. The molecule has 0 saturated carbocycles. The van der Waals surface area contributed by atoms with E-state index in [1.807, 2.05) is 0 Å². The summed E-state index contributed by atoms with van der Waals surface area (Å²) in [6.07, 6.45) is 6.78.